The lowest BCUT2D eigenvalue weighted by molar-refractivity contribution is -0.142. The Hall–Kier alpha value is -1.05. The number of carbonyl (C=O) groups is 1. The van der Waals surface area contributed by atoms with Crippen molar-refractivity contribution in [2.24, 2.45) is 0 Å². The molecule has 0 fully saturated rings. The van der Waals surface area contributed by atoms with Crippen LogP contribution in [0.1, 0.15) is 46.5 Å². The number of allylic oxidation sites excluding steroid dienone is 2. The summed E-state index contributed by atoms with van der Waals surface area (Å²) in [7, 11) is 0. The summed E-state index contributed by atoms with van der Waals surface area (Å²) in [5, 5.41) is 0. The Kier molecular flexibility index (Phi) is 7.69. The molecule has 86 valence electrons. The fraction of sp³-hybridized carbons (Fsp3) is 0.615. The molecule has 0 aliphatic rings. The second kappa shape index (κ2) is 8.27. The van der Waals surface area contributed by atoms with Crippen molar-refractivity contribution < 1.29 is 9.53 Å². The topological polar surface area (TPSA) is 26.3 Å². The first-order chi connectivity index (χ1) is 7.06. The predicted octanol–water partition coefficient (Wildman–Crippen LogP) is 3.63. The van der Waals surface area contributed by atoms with Gasteiger partial charge in [0.25, 0.3) is 0 Å². The van der Waals surface area contributed by atoms with Crippen LogP contribution in [0.2, 0.25) is 0 Å². The van der Waals surface area contributed by atoms with E-state index in [4.69, 9.17) is 4.74 Å². The average Bonchev–Trinajstić information content (AvgIpc) is 2.20. The van der Waals surface area contributed by atoms with Gasteiger partial charge in [-0.2, -0.15) is 0 Å². The van der Waals surface area contributed by atoms with Crippen molar-refractivity contribution in [3.8, 4) is 0 Å². The van der Waals surface area contributed by atoms with Crippen LogP contribution in [0.4, 0.5) is 0 Å². The second-order valence-corrected chi connectivity index (χ2v) is 3.91. The molecule has 2 heteroatoms. The fourth-order valence-corrected chi connectivity index (χ4v) is 1.11. The van der Waals surface area contributed by atoms with Gasteiger partial charge in [-0.3, -0.25) is 4.79 Å². The molecule has 0 aliphatic carbocycles. The van der Waals surface area contributed by atoms with Crippen molar-refractivity contribution in [3.63, 3.8) is 0 Å². The predicted molar refractivity (Wildman–Crippen MR) is 63.7 cm³/mol. The van der Waals surface area contributed by atoms with Crippen molar-refractivity contribution in [1.29, 1.82) is 0 Å². The highest BCUT2D eigenvalue weighted by molar-refractivity contribution is 5.69. The van der Waals surface area contributed by atoms with E-state index >= 15 is 0 Å². The van der Waals surface area contributed by atoms with E-state index < -0.39 is 0 Å². The first-order valence-corrected chi connectivity index (χ1v) is 5.52. The zero-order chi connectivity index (χ0) is 11.7. The van der Waals surface area contributed by atoms with Crippen LogP contribution >= 0.6 is 0 Å². The van der Waals surface area contributed by atoms with E-state index in [0.29, 0.717) is 13.0 Å². The fourth-order valence-electron chi connectivity index (χ4n) is 1.11. The monoisotopic (exact) mass is 210 g/mol. The highest BCUT2D eigenvalue weighted by Gasteiger charge is 1.97. The maximum atomic E-state index is 10.9. The lowest BCUT2D eigenvalue weighted by Crippen LogP contribution is -2.04. The van der Waals surface area contributed by atoms with Crippen LogP contribution in [0.5, 0.6) is 0 Å². The van der Waals surface area contributed by atoms with Gasteiger partial charge < -0.3 is 4.74 Å². The Labute approximate surface area is 93.0 Å². The highest BCUT2D eigenvalue weighted by atomic mass is 16.5. The van der Waals surface area contributed by atoms with Gasteiger partial charge in [0.15, 0.2) is 0 Å². The SMILES string of the molecule is C=C(C)CCC/C=C(\C)COC(=O)CC. The molecule has 2 nitrogen and oxygen atoms in total. The zero-order valence-electron chi connectivity index (χ0n) is 10.1. The maximum absolute atomic E-state index is 10.9. The lowest BCUT2D eigenvalue weighted by atomic mass is 10.1. The van der Waals surface area contributed by atoms with Crippen LogP contribution < -0.4 is 0 Å². The van der Waals surface area contributed by atoms with Gasteiger partial charge in [-0.05, 0) is 38.7 Å². The van der Waals surface area contributed by atoms with Crippen LogP contribution in [0.15, 0.2) is 23.8 Å². The van der Waals surface area contributed by atoms with Gasteiger partial charge in [-0.1, -0.05) is 18.6 Å². The van der Waals surface area contributed by atoms with E-state index in [9.17, 15) is 4.79 Å². The van der Waals surface area contributed by atoms with E-state index in [1.807, 2.05) is 13.8 Å². The van der Waals surface area contributed by atoms with Gasteiger partial charge in [-0.15, -0.1) is 6.58 Å². The summed E-state index contributed by atoms with van der Waals surface area (Å²) in [6, 6.07) is 0. The Balaban J connectivity index is 3.60. The summed E-state index contributed by atoms with van der Waals surface area (Å²) in [6.07, 6.45) is 5.80. The molecule has 0 N–H and O–H groups in total. The van der Waals surface area contributed by atoms with Gasteiger partial charge in [0.05, 0.1) is 0 Å². The third kappa shape index (κ3) is 9.26. The molecule has 0 aliphatic heterocycles. The standard InChI is InChI=1S/C13H22O2/c1-5-13(14)15-10-12(4)9-7-6-8-11(2)3/h9H,2,5-8,10H2,1,3-4H3/b12-9+. The summed E-state index contributed by atoms with van der Waals surface area (Å²) >= 11 is 0. The summed E-state index contributed by atoms with van der Waals surface area (Å²) in [4.78, 5) is 10.9. The van der Waals surface area contributed by atoms with E-state index in [0.717, 1.165) is 24.8 Å². The molecule has 0 atom stereocenters. The summed E-state index contributed by atoms with van der Waals surface area (Å²) in [5.74, 6) is -0.135. The summed E-state index contributed by atoms with van der Waals surface area (Å²) < 4.78 is 5.01. The third-order valence-corrected chi connectivity index (χ3v) is 2.05. The van der Waals surface area contributed by atoms with Crippen LogP contribution in [0.25, 0.3) is 0 Å². The maximum Gasteiger partial charge on any atom is 0.305 e. The van der Waals surface area contributed by atoms with Crippen molar-refractivity contribution in [2.45, 2.75) is 46.5 Å². The average molecular weight is 210 g/mol. The summed E-state index contributed by atoms with van der Waals surface area (Å²) in [6.45, 7) is 10.1. The molecule has 15 heavy (non-hydrogen) atoms. The van der Waals surface area contributed by atoms with Crippen molar-refractivity contribution in [2.75, 3.05) is 6.61 Å². The smallest absolute Gasteiger partial charge is 0.305 e. The molecule has 0 bridgehead atoms. The molecular formula is C13H22O2. The van der Waals surface area contributed by atoms with E-state index in [1.54, 1.807) is 6.92 Å². The normalized spacial score (nSPS) is 11.3. The molecule has 0 aromatic rings. The second-order valence-electron chi connectivity index (χ2n) is 3.91. The Bertz CT molecular complexity index is 239. The highest BCUT2D eigenvalue weighted by Crippen LogP contribution is 2.06. The molecule has 0 unspecified atom stereocenters. The Morgan fingerprint density at radius 1 is 1.40 bits per heavy atom. The molecule has 0 saturated heterocycles. The minimum atomic E-state index is -0.135. The molecular weight excluding hydrogens is 188 g/mol. The van der Waals surface area contributed by atoms with Gasteiger partial charge in [0.2, 0.25) is 0 Å². The number of carbonyl (C=O) groups excluding carboxylic acids is 1. The minimum absolute atomic E-state index is 0.135. The number of rotatable bonds is 7. The number of hydrogen-bond donors (Lipinski definition) is 0. The quantitative estimate of drug-likeness (QED) is 0.364. The van der Waals surface area contributed by atoms with Gasteiger partial charge in [-0.25, -0.2) is 0 Å². The van der Waals surface area contributed by atoms with Crippen molar-refractivity contribution >= 4 is 5.97 Å². The first-order valence-electron chi connectivity index (χ1n) is 5.52. The van der Waals surface area contributed by atoms with Crippen molar-refractivity contribution in [1.82, 2.24) is 0 Å². The largest absolute Gasteiger partial charge is 0.461 e. The molecule has 0 amide bonds. The van der Waals surface area contributed by atoms with Crippen molar-refractivity contribution in [3.05, 3.63) is 23.8 Å². The van der Waals surface area contributed by atoms with Crippen LogP contribution in [0.3, 0.4) is 0 Å². The van der Waals surface area contributed by atoms with Crippen LogP contribution in [-0.2, 0) is 9.53 Å². The first kappa shape index (κ1) is 13.9. The number of esters is 1. The Morgan fingerprint density at radius 2 is 2.07 bits per heavy atom. The van der Waals surface area contributed by atoms with E-state index in [1.165, 1.54) is 5.57 Å². The third-order valence-electron chi connectivity index (χ3n) is 2.05. The molecule has 0 aromatic carbocycles. The van der Waals surface area contributed by atoms with Gasteiger partial charge in [0.1, 0.15) is 6.61 Å². The lowest BCUT2D eigenvalue weighted by Gasteiger charge is -2.03. The summed E-state index contributed by atoms with van der Waals surface area (Å²) in [5.41, 5.74) is 2.34. The van der Waals surface area contributed by atoms with Gasteiger partial charge >= 0.3 is 5.97 Å². The van der Waals surface area contributed by atoms with Crippen LogP contribution in [-0.4, -0.2) is 12.6 Å². The molecule has 0 saturated carbocycles. The van der Waals surface area contributed by atoms with E-state index in [2.05, 4.69) is 12.7 Å². The number of ether oxygens (including phenoxy) is 1. The molecule has 0 aromatic heterocycles. The Morgan fingerprint density at radius 3 is 2.60 bits per heavy atom. The van der Waals surface area contributed by atoms with E-state index in [-0.39, 0.29) is 5.97 Å². The molecule has 0 radical (unpaired) electrons. The molecule has 0 heterocycles. The zero-order valence-corrected chi connectivity index (χ0v) is 10.1. The molecule has 0 spiro atoms. The minimum Gasteiger partial charge on any atom is -0.461 e. The number of hydrogen-bond acceptors (Lipinski definition) is 2. The molecule has 0 rings (SSSR count). The number of unbranched alkanes of at least 4 members (excludes halogenated alkanes) is 1. The van der Waals surface area contributed by atoms with Gasteiger partial charge in [0, 0.05) is 6.42 Å². The van der Waals surface area contributed by atoms with Crippen LogP contribution in [0, 0.1) is 0 Å².